The van der Waals surface area contributed by atoms with Gasteiger partial charge in [-0.15, -0.1) is 0 Å². The second-order valence-electron chi connectivity index (χ2n) is 12.2. The van der Waals surface area contributed by atoms with Crippen LogP contribution in [0.15, 0.2) is 204 Å². The summed E-state index contributed by atoms with van der Waals surface area (Å²) in [6, 6.07) is 55.8. The lowest BCUT2D eigenvalue weighted by Gasteiger charge is -2.23. The molecule has 0 aliphatic rings. The van der Waals surface area contributed by atoms with Gasteiger partial charge < -0.3 is 20.2 Å². The van der Waals surface area contributed by atoms with Gasteiger partial charge in [0.2, 0.25) is 11.1 Å². The van der Waals surface area contributed by atoms with E-state index in [1.165, 1.54) is 0 Å². The Labute approximate surface area is 313 Å². The van der Waals surface area contributed by atoms with Crippen LogP contribution < -0.4 is 11.1 Å². The predicted molar refractivity (Wildman–Crippen MR) is 216 cm³/mol. The highest BCUT2D eigenvalue weighted by molar-refractivity contribution is 5.81. The maximum absolute atomic E-state index is 11.5. The molecule has 0 atom stereocenters. The van der Waals surface area contributed by atoms with Crippen molar-refractivity contribution in [3.63, 3.8) is 0 Å². The molecule has 6 nitrogen and oxygen atoms in total. The Hall–Kier alpha value is -7.22. The largest absolute Gasteiger partial charge is 0.369 e. The van der Waals surface area contributed by atoms with Crippen molar-refractivity contribution in [1.29, 1.82) is 0 Å². The Kier molecular flexibility index (Phi) is 11.7. The topological polar surface area (TPSA) is 106 Å². The van der Waals surface area contributed by atoms with Crippen LogP contribution in [-0.2, 0) is 11.2 Å². The van der Waals surface area contributed by atoms with Gasteiger partial charge in [0.15, 0.2) is 11.2 Å². The standard InChI is InChI=1S/C30H22O2.2C9H7NO/c31-29(25-15-5-1-6-16-25,26-17-7-2-8-18-26)23-13-14-24-30(32,27-19-9-3-10-20-27)28-21-11-4-12-22-28;2*11-9-5-7-3-1-2-4-8(7)6-10-9/h1-12,15-22,31-32H;2*1-6H,(H,10,11). The highest BCUT2D eigenvalue weighted by atomic mass is 16.3. The lowest BCUT2D eigenvalue weighted by atomic mass is 9.86. The molecule has 0 amide bonds. The summed E-state index contributed by atoms with van der Waals surface area (Å²) in [6.07, 6.45) is 3.44. The number of hydrogen-bond donors (Lipinski definition) is 4. The first-order chi connectivity index (χ1) is 26.3. The SMILES string of the molecule is O=c1cc2ccccc2c[nH]1.O=c1cc2ccccc2c[nH]1.OC(C#CC#CC(O)(c1ccccc1)c1ccccc1)(c1ccccc1)c1ccccc1. The lowest BCUT2D eigenvalue weighted by Crippen LogP contribution is -2.25. The monoisotopic (exact) mass is 704 g/mol. The van der Waals surface area contributed by atoms with Crippen LogP contribution in [0.25, 0.3) is 21.5 Å². The Morgan fingerprint density at radius 1 is 0.370 bits per heavy atom. The molecular formula is C48H36N2O4. The Bertz CT molecular complexity index is 2420. The molecule has 262 valence electrons. The Morgan fingerprint density at radius 3 is 0.926 bits per heavy atom. The highest BCUT2D eigenvalue weighted by Crippen LogP contribution is 2.30. The number of rotatable bonds is 4. The molecule has 54 heavy (non-hydrogen) atoms. The number of hydrogen-bond acceptors (Lipinski definition) is 4. The fourth-order valence-corrected chi connectivity index (χ4v) is 5.79. The molecule has 0 unspecified atom stereocenters. The van der Waals surface area contributed by atoms with Crippen molar-refractivity contribution >= 4 is 21.5 Å². The summed E-state index contributed by atoms with van der Waals surface area (Å²) in [7, 11) is 0. The van der Waals surface area contributed by atoms with E-state index in [0.29, 0.717) is 22.3 Å². The minimum Gasteiger partial charge on any atom is -0.369 e. The van der Waals surface area contributed by atoms with Crippen molar-refractivity contribution in [1.82, 2.24) is 9.97 Å². The second-order valence-corrected chi connectivity index (χ2v) is 12.2. The average Bonchev–Trinajstić information content (AvgIpc) is 3.24. The van der Waals surface area contributed by atoms with E-state index in [2.05, 4.69) is 33.6 Å². The maximum atomic E-state index is 11.5. The molecule has 2 aromatic heterocycles. The molecule has 0 aliphatic carbocycles. The number of nitrogens with one attached hydrogen (secondary N) is 2. The minimum atomic E-state index is -1.52. The summed E-state index contributed by atoms with van der Waals surface area (Å²) in [5.74, 6) is 11.4. The normalized spacial score (nSPS) is 10.6. The van der Waals surface area contributed by atoms with Crippen LogP contribution in [-0.4, -0.2) is 20.2 Å². The number of H-pyrrole nitrogens is 2. The fourth-order valence-electron chi connectivity index (χ4n) is 5.79. The summed E-state index contributed by atoms with van der Waals surface area (Å²) in [6.45, 7) is 0. The van der Waals surface area contributed by atoms with E-state index in [9.17, 15) is 19.8 Å². The molecule has 8 aromatic rings. The van der Waals surface area contributed by atoms with Gasteiger partial charge in [-0.2, -0.15) is 0 Å². The Morgan fingerprint density at radius 2 is 0.630 bits per heavy atom. The number of aromatic amines is 2. The van der Waals surface area contributed by atoms with Crippen LogP contribution >= 0.6 is 0 Å². The molecule has 0 bridgehead atoms. The van der Waals surface area contributed by atoms with Gasteiger partial charge in [0, 0.05) is 46.8 Å². The van der Waals surface area contributed by atoms with E-state index in [-0.39, 0.29) is 11.1 Å². The third-order valence-electron chi connectivity index (χ3n) is 8.62. The van der Waals surface area contributed by atoms with Gasteiger partial charge in [-0.3, -0.25) is 9.59 Å². The van der Waals surface area contributed by atoms with Crippen molar-refractivity contribution in [3.8, 4) is 23.7 Å². The first-order valence-electron chi connectivity index (χ1n) is 17.2. The first kappa shape index (κ1) is 36.6. The van der Waals surface area contributed by atoms with Crippen molar-refractivity contribution in [2.45, 2.75) is 11.2 Å². The molecule has 4 N–H and O–H groups in total. The van der Waals surface area contributed by atoms with E-state index in [1.807, 2.05) is 170 Å². The zero-order valence-electron chi connectivity index (χ0n) is 29.2. The highest BCUT2D eigenvalue weighted by Gasteiger charge is 2.30. The van der Waals surface area contributed by atoms with Crippen molar-refractivity contribution < 1.29 is 10.2 Å². The molecule has 0 aliphatic heterocycles. The van der Waals surface area contributed by atoms with Crippen LogP contribution in [0.4, 0.5) is 0 Å². The third kappa shape index (κ3) is 8.98. The smallest absolute Gasteiger partial charge is 0.248 e. The first-order valence-corrected chi connectivity index (χ1v) is 17.2. The fraction of sp³-hybridized carbons (Fsp3) is 0.0417. The molecule has 0 saturated heterocycles. The zero-order chi connectivity index (χ0) is 37.6. The molecule has 6 heteroatoms. The predicted octanol–water partition coefficient (Wildman–Crippen LogP) is 7.92. The zero-order valence-corrected chi connectivity index (χ0v) is 29.2. The van der Waals surface area contributed by atoms with Crippen LogP contribution in [0.2, 0.25) is 0 Å². The molecular weight excluding hydrogens is 669 g/mol. The molecule has 0 radical (unpaired) electrons. The van der Waals surface area contributed by atoms with Crippen molar-refractivity contribution in [2.75, 3.05) is 0 Å². The van der Waals surface area contributed by atoms with E-state index in [0.717, 1.165) is 21.5 Å². The molecule has 0 fully saturated rings. The van der Waals surface area contributed by atoms with Gasteiger partial charge >= 0.3 is 0 Å². The lowest BCUT2D eigenvalue weighted by molar-refractivity contribution is 0.144. The number of benzene rings is 6. The van der Waals surface area contributed by atoms with Crippen LogP contribution in [0.5, 0.6) is 0 Å². The minimum absolute atomic E-state index is 0.0521. The van der Waals surface area contributed by atoms with Crippen molar-refractivity contribution in [3.05, 3.63) is 237 Å². The van der Waals surface area contributed by atoms with Gasteiger partial charge in [-0.25, -0.2) is 0 Å². The van der Waals surface area contributed by atoms with Gasteiger partial charge in [0.25, 0.3) is 0 Å². The van der Waals surface area contributed by atoms with Crippen LogP contribution in [0, 0.1) is 23.7 Å². The Balaban J connectivity index is 0.000000181. The van der Waals surface area contributed by atoms with Crippen molar-refractivity contribution in [2.24, 2.45) is 0 Å². The van der Waals surface area contributed by atoms with Gasteiger partial charge in [0.05, 0.1) is 0 Å². The molecule has 0 spiro atoms. The second kappa shape index (κ2) is 17.3. The van der Waals surface area contributed by atoms with Gasteiger partial charge in [0.1, 0.15) is 0 Å². The van der Waals surface area contributed by atoms with Gasteiger partial charge in [-0.1, -0.05) is 170 Å². The van der Waals surface area contributed by atoms with E-state index in [4.69, 9.17) is 0 Å². The maximum Gasteiger partial charge on any atom is 0.248 e. The average molecular weight is 705 g/mol. The molecule has 2 heterocycles. The van der Waals surface area contributed by atoms with Crippen LogP contribution in [0.1, 0.15) is 22.3 Å². The summed E-state index contributed by atoms with van der Waals surface area (Å²) >= 11 is 0. The van der Waals surface area contributed by atoms with E-state index < -0.39 is 11.2 Å². The van der Waals surface area contributed by atoms with Crippen LogP contribution in [0.3, 0.4) is 0 Å². The molecule has 6 aromatic carbocycles. The summed E-state index contributed by atoms with van der Waals surface area (Å²) in [5.41, 5.74) is -0.524. The summed E-state index contributed by atoms with van der Waals surface area (Å²) < 4.78 is 0. The van der Waals surface area contributed by atoms with Gasteiger partial charge in [-0.05, 0) is 45.2 Å². The molecule has 0 saturated carbocycles. The van der Waals surface area contributed by atoms with E-state index in [1.54, 1.807) is 24.5 Å². The molecule has 8 rings (SSSR count). The van der Waals surface area contributed by atoms with E-state index >= 15 is 0 Å². The number of pyridine rings is 2. The number of aromatic nitrogens is 2. The number of fused-ring (bicyclic) bond motifs is 2. The summed E-state index contributed by atoms with van der Waals surface area (Å²) in [5, 5.41) is 27.1. The third-order valence-corrected chi connectivity index (χ3v) is 8.62. The number of aliphatic hydroxyl groups is 2. The summed E-state index contributed by atoms with van der Waals surface area (Å²) in [4.78, 5) is 26.9. The quantitative estimate of drug-likeness (QED) is 0.140.